The number of benzene rings is 1. The summed E-state index contributed by atoms with van der Waals surface area (Å²) in [5.74, 6) is 1.23. The Morgan fingerprint density at radius 2 is 1.79 bits per heavy atom. The zero-order valence-corrected chi connectivity index (χ0v) is 11.6. The quantitative estimate of drug-likeness (QED) is 0.829. The summed E-state index contributed by atoms with van der Waals surface area (Å²) in [6.45, 7) is 0. The molecule has 1 aromatic rings. The van der Waals surface area contributed by atoms with Crippen molar-refractivity contribution in [3.8, 4) is 0 Å². The van der Waals surface area contributed by atoms with Crippen molar-refractivity contribution in [2.75, 3.05) is 0 Å². The van der Waals surface area contributed by atoms with Gasteiger partial charge in [-0.15, -0.1) is 0 Å². The van der Waals surface area contributed by atoms with Crippen LogP contribution in [0.25, 0.3) is 6.08 Å². The first-order valence-corrected chi connectivity index (χ1v) is 7.80. The standard InChI is InChI=1S/C18H24O/c19-18-16(11-10-14-6-2-1-3-7-14)13-12-15-8-4-5-9-17(15)18/h4-5,8-9,12-14,16,18-19H,1-3,6-7,10-11H2/t16-,18-/m0/s1. The molecule has 0 aromatic heterocycles. The molecule has 1 aromatic carbocycles. The van der Waals surface area contributed by atoms with Gasteiger partial charge >= 0.3 is 0 Å². The molecule has 1 N–H and O–H groups in total. The van der Waals surface area contributed by atoms with Crippen molar-refractivity contribution in [2.45, 2.75) is 51.0 Å². The van der Waals surface area contributed by atoms with E-state index < -0.39 is 0 Å². The maximum Gasteiger partial charge on any atom is 0.0858 e. The fraction of sp³-hybridized carbons (Fsp3) is 0.556. The number of fused-ring (bicyclic) bond motifs is 1. The molecule has 0 radical (unpaired) electrons. The Hall–Kier alpha value is -1.08. The highest BCUT2D eigenvalue weighted by atomic mass is 16.3. The molecule has 102 valence electrons. The third-order valence-electron chi connectivity index (χ3n) is 4.88. The van der Waals surface area contributed by atoms with E-state index in [0.717, 1.165) is 17.9 Å². The molecule has 1 saturated carbocycles. The Labute approximate surface area is 116 Å². The van der Waals surface area contributed by atoms with Gasteiger partial charge in [0.2, 0.25) is 0 Å². The lowest BCUT2D eigenvalue weighted by atomic mass is 9.80. The molecule has 0 aliphatic heterocycles. The van der Waals surface area contributed by atoms with Gasteiger partial charge in [-0.1, -0.05) is 68.5 Å². The molecule has 2 atom stereocenters. The summed E-state index contributed by atoms with van der Waals surface area (Å²) in [7, 11) is 0. The minimum atomic E-state index is -0.301. The highest BCUT2D eigenvalue weighted by Crippen LogP contribution is 2.37. The van der Waals surface area contributed by atoms with Gasteiger partial charge in [-0.05, 0) is 29.9 Å². The summed E-state index contributed by atoms with van der Waals surface area (Å²) in [6.07, 6.45) is 13.6. The van der Waals surface area contributed by atoms with Crippen molar-refractivity contribution in [1.29, 1.82) is 0 Å². The van der Waals surface area contributed by atoms with Crippen molar-refractivity contribution in [3.05, 3.63) is 41.5 Å². The van der Waals surface area contributed by atoms with E-state index in [0.29, 0.717) is 5.92 Å². The lowest BCUT2D eigenvalue weighted by Crippen LogP contribution is -2.17. The third-order valence-corrected chi connectivity index (χ3v) is 4.88. The average molecular weight is 256 g/mol. The van der Waals surface area contributed by atoms with Crippen LogP contribution in [0.1, 0.15) is 62.2 Å². The van der Waals surface area contributed by atoms with E-state index in [9.17, 15) is 5.11 Å². The maximum atomic E-state index is 10.5. The van der Waals surface area contributed by atoms with Crippen molar-refractivity contribution >= 4 is 6.08 Å². The van der Waals surface area contributed by atoms with E-state index in [4.69, 9.17) is 0 Å². The molecule has 1 nitrogen and oxygen atoms in total. The first kappa shape index (κ1) is 12.9. The molecular weight excluding hydrogens is 232 g/mol. The van der Waals surface area contributed by atoms with Gasteiger partial charge in [0.25, 0.3) is 0 Å². The highest BCUT2D eigenvalue weighted by molar-refractivity contribution is 5.57. The van der Waals surface area contributed by atoms with Crippen LogP contribution in [0.2, 0.25) is 0 Å². The van der Waals surface area contributed by atoms with Gasteiger partial charge in [0.15, 0.2) is 0 Å². The van der Waals surface area contributed by atoms with Crippen molar-refractivity contribution in [2.24, 2.45) is 11.8 Å². The number of hydrogen-bond donors (Lipinski definition) is 1. The topological polar surface area (TPSA) is 20.2 Å². The lowest BCUT2D eigenvalue weighted by Gasteiger charge is -2.28. The van der Waals surface area contributed by atoms with Crippen LogP contribution in [0, 0.1) is 11.8 Å². The molecule has 1 fully saturated rings. The van der Waals surface area contributed by atoms with Gasteiger partial charge < -0.3 is 5.11 Å². The number of hydrogen-bond acceptors (Lipinski definition) is 1. The van der Waals surface area contributed by atoms with Gasteiger partial charge in [-0.25, -0.2) is 0 Å². The van der Waals surface area contributed by atoms with Crippen molar-refractivity contribution in [1.82, 2.24) is 0 Å². The van der Waals surface area contributed by atoms with E-state index in [1.165, 1.54) is 44.1 Å². The van der Waals surface area contributed by atoms with Crippen molar-refractivity contribution in [3.63, 3.8) is 0 Å². The van der Waals surface area contributed by atoms with E-state index in [1.54, 1.807) is 0 Å². The summed E-state index contributed by atoms with van der Waals surface area (Å²) in [6, 6.07) is 8.22. The Morgan fingerprint density at radius 3 is 2.63 bits per heavy atom. The molecule has 0 spiro atoms. The van der Waals surface area contributed by atoms with Crippen LogP contribution in [0.4, 0.5) is 0 Å². The van der Waals surface area contributed by atoms with E-state index in [1.807, 2.05) is 12.1 Å². The predicted octanol–water partition coefficient (Wildman–Crippen LogP) is 4.72. The average Bonchev–Trinajstić information content (AvgIpc) is 2.48. The molecule has 1 heteroatoms. The molecule has 19 heavy (non-hydrogen) atoms. The number of rotatable bonds is 3. The Morgan fingerprint density at radius 1 is 1.00 bits per heavy atom. The summed E-state index contributed by atoms with van der Waals surface area (Å²) in [4.78, 5) is 0. The Balaban J connectivity index is 1.61. The second kappa shape index (κ2) is 5.92. The monoisotopic (exact) mass is 256 g/mol. The molecule has 3 rings (SSSR count). The molecular formula is C18H24O. The molecule has 0 saturated heterocycles. The van der Waals surface area contributed by atoms with Crippen LogP contribution < -0.4 is 0 Å². The number of aliphatic hydroxyl groups excluding tert-OH is 1. The zero-order chi connectivity index (χ0) is 13.1. The van der Waals surface area contributed by atoms with Gasteiger partial charge in [-0.3, -0.25) is 0 Å². The van der Waals surface area contributed by atoms with Crippen molar-refractivity contribution < 1.29 is 5.11 Å². The number of aliphatic hydroxyl groups is 1. The molecule has 0 bridgehead atoms. The van der Waals surface area contributed by atoms with Gasteiger partial charge in [0.05, 0.1) is 6.10 Å². The summed E-state index contributed by atoms with van der Waals surface area (Å²) < 4.78 is 0. The van der Waals surface area contributed by atoms with E-state index in [-0.39, 0.29) is 6.10 Å². The van der Waals surface area contributed by atoms with Gasteiger partial charge in [-0.2, -0.15) is 0 Å². The maximum absolute atomic E-state index is 10.5. The van der Waals surface area contributed by atoms with Gasteiger partial charge in [0.1, 0.15) is 0 Å². The van der Waals surface area contributed by atoms with Crippen LogP contribution >= 0.6 is 0 Å². The fourth-order valence-electron chi connectivity index (χ4n) is 3.65. The molecule has 0 amide bonds. The minimum Gasteiger partial charge on any atom is -0.388 e. The zero-order valence-electron chi connectivity index (χ0n) is 11.6. The summed E-state index contributed by atoms with van der Waals surface area (Å²) in [5, 5.41) is 10.5. The third kappa shape index (κ3) is 2.92. The highest BCUT2D eigenvalue weighted by Gasteiger charge is 2.25. The predicted molar refractivity (Wildman–Crippen MR) is 79.7 cm³/mol. The smallest absolute Gasteiger partial charge is 0.0858 e. The van der Waals surface area contributed by atoms with Crippen LogP contribution in [-0.2, 0) is 0 Å². The SMILES string of the molecule is O[C@@H]1c2ccccc2C=C[C@@H]1CCC1CCCCC1. The Kier molecular flexibility index (Phi) is 4.03. The summed E-state index contributed by atoms with van der Waals surface area (Å²) >= 11 is 0. The second-order valence-corrected chi connectivity index (χ2v) is 6.18. The van der Waals surface area contributed by atoms with Crippen LogP contribution in [0.15, 0.2) is 30.3 Å². The first-order chi connectivity index (χ1) is 9.34. The molecule has 2 aliphatic rings. The van der Waals surface area contributed by atoms with E-state index in [2.05, 4.69) is 24.3 Å². The largest absolute Gasteiger partial charge is 0.388 e. The van der Waals surface area contributed by atoms with E-state index >= 15 is 0 Å². The lowest BCUT2D eigenvalue weighted by molar-refractivity contribution is 0.119. The first-order valence-electron chi connectivity index (χ1n) is 7.80. The molecule has 2 aliphatic carbocycles. The molecule has 0 heterocycles. The minimum absolute atomic E-state index is 0.301. The Bertz CT molecular complexity index is 443. The van der Waals surface area contributed by atoms with Crippen LogP contribution in [-0.4, -0.2) is 5.11 Å². The van der Waals surface area contributed by atoms with Gasteiger partial charge in [0, 0.05) is 5.92 Å². The molecule has 0 unspecified atom stereocenters. The fourth-order valence-corrected chi connectivity index (χ4v) is 3.65. The van der Waals surface area contributed by atoms with Crippen LogP contribution in [0.5, 0.6) is 0 Å². The normalized spacial score (nSPS) is 27.2. The summed E-state index contributed by atoms with van der Waals surface area (Å²) in [5.41, 5.74) is 2.29. The second-order valence-electron chi connectivity index (χ2n) is 6.18. The van der Waals surface area contributed by atoms with Crippen LogP contribution in [0.3, 0.4) is 0 Å².